The lowest BCUT2D eigenvalue weighted by atomic mass is 10.1. The molecule has 0 atom stereocenters. The third-order valence-corrected chi connectivity index (χ3v) is 2.84. The number of hydrogen-bond donors (Lipinski definition) is 2. The molecule has 2 N–H and O–H groups in total. The first-order valence-corrected chi connectivity index (χ1v) is 6.75. The number of nitrogens with zero attached hydrogens (tertiary/aromatic N) is 2. The van der Waals surface area contributed by atoms with Crippen LogP contribution in [0.4, 0.5) is 0 Å². The van der Waals surface area contributed by atoms with Crippen molar-refractivity contribution in [2.24, 2.45) is 4.99 Å². The van der Waals surface area contributed by atoms with Crippen molar-refractivity contribution in [2.75, 3.05) is 26.7 Å². The Morgan fingerprint density at radius 3 is 2.53 bits per heavy atom. The van der Waals surface area contributed by atoms with Gasteiger partial charge in [0.1, 0.15) is 0 Å². The molecule has 0 fully saturated rings. The minimum atomic E-state index is -0.233. The van der Waals surface area contributed by atoms with Crippen molar-refractivity contribution in [3.8, 4) is 0 Å². The van der Waals surface area contributed by atoms with Crippen LogP contribution in [0.25, 0.3) is 0 Å². The second kappa shape index (κ2) is 7.84. The van der Waals surface area contributed by atoms with Crippen molar-refractivity contribution >= 4 is 5.96 Å². The molecule has 0 bridgehead atoms. The summed E-state index contributed by atoms with van der Waals surface area (Å²) in [7, 11) is 1.71. The molecule has 0 aliphatic rings. The molecule has 0 amide bonds. The second-order valence-corrected chi connectivity index (χ2v) is 5.01. The summed E-state index contributed by atoms with van der Waals surface area (Å²) >= 11 is 0. The molecule has 0 aromatic carbocycles. The summed E-state index contributed by atoms with van der Waals surface area (Å²) in [5.74, 6) is 0.833. The quantitative estimate of drug-likeness (QED) is 0.580. The van der Waals surface area contributed by atoms with Gasteiger partial charge in [-0.2, -0.15) is 0 Å². The zero-order chi connectivity index (χ0) is 14.1. The van der Waals surface area contributed by atoms with Crippen LogP contribution in [0.2, 0.25) is 0 Å². The van der Waals surface area contributed by atoms with E-state index in [-0.39, 0.29) is 5.60 Å². The number of nitrogens with one attached hydrogen (secondary N) is 2. The Morgan fingerprint density at radius 2 is 1.95 bits per heavy atom. The largest absolute Gasteiger partial charge is 0.377 e. The molecule has 0 unspecified atom stereocenters. The molecule has 108 valence electrons. The van der Waals surface area contributed by atoms with Crippen molar-refractivity contribution in [3.05, 3.63) is 24.5 Å². The van der Waals surface area contributed by atoms with Gasteiger partial charge in [-0.1, -0.05) is 0 Å². The van der Waals surface area contributed by atoms with Gasteiger partial charge in [0, 0.05) is 39.1 Å². The molecule has 1 aromatic heterocycles. The highest BCUT2D eigenvalue weighted by Gasteiger charge is 2.15. The molecule has 0 spiro atoms. The summed E-state index contributed by atoms with van der Waals surface area (Å²) in [5.41, 5.74) is -0.233. The fourth-order valence-electron chi connectivity index (χ4n) is 1.50. The number of aromatic nitrogens is 1. The van der Waals surface area contributed by atoms with Gasteiger partial charge in [0.2, 0.25) is 0 Å². The van der Waals surface area contributed by atoms with Crippen molar-refractivity contribution in [3.63, 3.8) is 0 Å². The van der Waals surface area contributed by atoms with Gasteiger partial charge in [0.15, 0.2) is 5.96 Å². The zero-order valence-electron chi connectivity index (χ0n) is 12.4. The van der Waals surface area contributed by atoms with E-state index in [4.69, 9.17) is 4.74 Å². The summed E-state index contributed by atoms with van der Waals surface area (Å²) in [4.78, 5) is 4.53. The lowest BCUT2D eigenvalue weighted by molar-refractivity contribution is 0.0310. The molecule has 0 aliphatic heterocycles. The van der Waals surface area contributed by atoms with E-state index in [1.807, 2.05) is 26.0 Å². The van der Waals surface area contributed by atoms with E-state index in [2.05, 4.69) is 39.5 Å². The van der Waals surface area contributed by atoms with E-state index in [0.29, 0.717) is 6.54 Å². The highest BCUT2D eigenvalue weighted by Crippen LogP contribution is 2.06. The van der Waals surface area contributed by atoms with Gasteiger partial charge >= 0.3 is 0 Å². The Balaban J connectivity index is 2.41. The second-order valence-electron chi connectivity index (χ2n) is 5.01. The maximum atomic E-state index is 5.36. The first-order chi connectivity index (χ1) is 9.07. The Morgan fingerprint density at radius 1 is 1.26 bits per heavy atom. The van der Waals surface area contributed by atoms with Crippen LogP contribution in [0.5, 0.6) is 0 Å². The molecule has 1 aromatic rings. The topological polar surface area (TPSA) is 50.6 Å². The van der Waals surface area contributed by atoms with Gasteiger partial charge in [-0.05, 0) is 32.9 Å². The van der Waals surface area contributed by atoms with Gasteiger partial charge in [-0.3, -0.25) is 4.99 Å². The molecule has 0 saturated heterocycles. The number of hydrogen-bond acceptors (Lipinski definition) is 2. The van der Waals surface area contributed by atoms with Crippen molar-refractivity contribution in [1.82, 2.24) is 15.2 Å². The first kappa shape index (κ1) is 15.6. The highest BCUT2D eigenvalue weighted by molar-refractivity contribution is 5.79. The monoisotopic (exact) mass is 266 g/mol. The fraction of sp³-hybridized carbons (Fsp3) is 0.643. The Bertz CT molecular complexity index is 371. The van der Waals surface area contributed by atoms with Gasteiger partial charge in [-0.25, -0.2) is 0 Å². The predicted octanol–water partition coefficient (Wildman–Crippen LogP) is 1.47. The average molecular weight is 266 g/mol. The first-order valence-electron chi connectivity index (χ1n) is 6.75. The summed E-state index contributed by atoms with van der Waals surface area (Å²) in [6, 6.07) is 4.06. The third kappa shape index (κ3) is 6.29. The van der Waals surface area contributed by atoms with Crippen LogP contribution in [0.15, 0.2) is 29.5 Å². The maximum Gasteiger partial charge on any atom is 0.191 e. The Kier molecular flexibility index (Phi) is 6.42. The maximum absolute atomic E-state index is 5.36. The van der Waals surface area contributed by atoms with Gasteiger partial charge in [0.25, 0.3) is 0 Å². The van der Waals surface area contributed by atoms with Crippen molar-refractivity contribution in [2.45, 2.75) is 32.9 Å². The van der Waals surface area contributed by atoms with Crippen LogP contribution in [0, 0.1) is 0 Å². The Labute approximate surface area is 116 Å². The fourth-order valence-corrected chi connectivity index (χ4v) is 1.50. The summed E-state index contributed by atoms with van der Waals surface area (Å²) in [6.45, 7) is 9.36. The van der Waals surface area contributed by atoms with E-state index >= 15 is 0 Å². The number of rotatable bonds is 7. The van der Waals surface area contributed by atoms with Crippen LogP contribution >= 0.6 is 0 Å². The predicted molar refractivity (Wildman–Crippen MR) is 79.5 cm³/mol. The third-order valence-electron chi connectivity index (χ3n) is 2.84. The van der Waals surface area contributed by atoms with Crippen molar-refractivity contribution < 1.29 is 4.74 Å². The molecular formula is C14H26N4O. The smallest absolute Gasteiger partial charge is 0.191 e. The molecule has 1 heterocycles. The molecule has 5 heteroatoms. The molecule has 0 aliphatic carbocycles. The van der Waals surface area contributed by atoms with Crippen LogP contribution < -0.4 is 10.6 Å². The van der Waals surface area contributed by atoms with E-state index < -0.39 is 0 Å². The van der Waals surface area contributed by atoms with Gasteiger partial charge in [0.05, 0.1) is 12.1 Å². The zero-order valence-corrected chi connectivity index (χ0v) is 12.4. The molecule has 0 saturated carbocycles. The number of methoxy groups -OCH3 is 1. The molecular weight excluding hydrogens is 240 g/mol. The lowest BCUT2D eigenvalue weighted by Crippen LogP contribution is -2.40. The minimum Gasteiger partial charge on any atom is -0.377 e. The Hall–Kier alpha value is -1.49. The van der Waals surface area contributed by atoms with E-state index in [0.717, 1.165) is 25.6 Å². The summed E-state index contributed by atoms with van der Waals surface area (Å²) < 4.78 is 7.50. The number of guanidine groups is 1. The van der Waals surface area contributed by atoms with Crippen LogP contribution in [-0.4, -0.2) is 42.9 Å². The summed E-state index contributed by atoms with van der Waals surface area (Å²) in [5, 5.41) is 6.55. The number of aliphatic imine (C=N–C) groups is 1. The standard InChI is InChI=1S/C14H26N4O/c1-5-15-13(17-12-14(2,3)19-4)16-8-11-18-9-6-7-10-18/h6-7,9-10H,5,8,11-12H2,1-4H3,(H2,15,16,17). The highest BCUT2D eigenvalue weighted by atomic mass is 16.5. The van der Waals surface area contributed by atoms with E-state index in [1.165, 1.54) is 0 Å². The van der Waals surface area contributed by atoms with E-state index in [1.54, 1.807) is 7.11 Å². The number of ether oxygens (including phenoxy) is 1. The minimum absolute atomic E-state index is 0.233. The average Bonchev–Trinajstić information content (AvgIpc) is 2.89. The molecule has 0 radical (unpaired) electrons. The normalized spacial score (nSPS) is 12.5. The van der Waals surface area contributed by atoms with Gasteiger partial charge < -0.3 is 19.9 Å². The summed E-state index contributed by atoms with van der Waals surface area (Å²) in [6.07, 6.45) is 4.11. The lowest BCUT2D eigenvalue weighted by Gasteiger charge is -2.21. The molecule has 5 nitrogen and oxygen atoms in total. The van der Waals surface area contributed by atoms with E-state index in [9.17, 15) is 0 Å². The van der Waals surface area contributed by atoms with Crippen LogP contribution in [-0.2, 0) is 11.3 Å². The molecule has 1 rings (SSSR count). The molecule has 19 heavy (non-hydrogen) atoms. The van der Waals surface area contributed by atoms with Crippen molar-refractivity contribution in [1.29, 1.82) is 0 Å². The van der Waals surface area contributed by atoms with Gasteiger partial charge in [-0.15, -0.1) is 0 Å². The SMILES string of the molecule is CCNC(=NCC(C)(C)OC)NCCn1cccc1. The van der Waals surface area contributed by atoms with Crippen LogP contribution in [0.3, 0.4) is 0 Å². The van der Waals surface area contributed by atoms with Crippen LogP contribution in [0.1, 0.15) is 20.8 Å².